The molecule has 0 spiro atoms. The Balaban J connectivity index is 1.70. The maximum Gasteiger partial charge on any atom is 0.459 e. The predicted molar refractivity (Wildman–Crippen MR) is 131 cm³/mol. The molecule has 3 rings (SSSR count). The average molecular weight is 572 g/mol. The van der Waals surface area contributed by atoms with Crippen LogP contribution in [0.2, 0.25) is 0 Å². The molecule has 1 saturated heterocycles. The van der Waals surface area contributed by atoms with Gasteiger partial charge in [-0.25, -0.2) is 8.96 Å². The lowest BCUT2D eigenvalue weighted by Gasteiger charge is -2.32. The topological polar surface area (TPSA) is 178 Å². The number of carboxylic acid groups (broad SMARTS) is 1. The summed E-state index contributed by atoms with van der Waals surface area (Å²) in [5.74, 6) is -3.00. The number of nitrogens with one attached hydrogen (secondary N) is 1. The normalized spacial score (nSPS) is 27.2. The number of allylic oxidation sites excluding steroid dienone is 1. The highest BCUT2D eigenvalue weighted by Crippen LogP contribution is 2.46. The number of ether oxygens (including phenoxy) is 2. The van der Waals surface area contributed by atoms with E-state index < -0.39 is 74.5 Å². The molecule has 1 amide bonds. The fourth-order valence-electron chi connectivity index (χ4n) is 3.80. The minimum atomic E-state index is -4.40. The molecular weight excluding hydrogens is 542 g/mol. The third-order valence-corrected chi connectivity index (χ3v) is 7.51. The molecule has 0 radical (unpaired) electrons. The van der Waals surface area contributed by atoms with Crippen molar-refractivity contribution in [1.29, 1.82) is 0 Å². The van der Waals surface area contributed by atoms with Crippen LogP contribution >= 0.6 is 7.75 Å². The van der Waals surface area contributed by atoms with Gasteiger partial charge in [0.1, 0.15) is 24.0 Å². The Morgan fingerprint density at radius 1 is 1.31 bits per heavy atom. The number of halogens is 1. The minimum absolute atomic E-state index is 0.0748. The van der Waals surface area contributed by atoms with Gasteiger partial charge in [0.25, 0.3) is 0 Å². The standard InChI is InChI=1S/C24H30FN2O11P/c1-15(22(33)35-12-6-9-20(30)31)26-39(34,38-17-7-4-3-5-8-17)36-14-18-21(32)24(2,25)23(37-18)27-11-10-16(28)13-19(27)29/h3-5,7-8,10-11,15,18,21,23,32H,6,9,12-14H2,1-2H3,(H,26,34)(H,30,31)/t15-,18+,21+,23+,24+,39?/m0/s1. The molecule has 3 N–H and O–H groups in total. The van der Waals surface area contributed by atoms with Crippen molar-refractivity contribution in [3.8, 4) is 5.75 Å². The fraction of sp³-hybridized carbons (Fsp3) is 0.500. The molecule has 2 aliphatic heterocycles. The van der Waals surface area contributed by atoms with Gasteiger partial charge in [-0.3, -0.25) is 28.6 Å². The van der Waals surface area contributed by atoms with Crippen molar-refractivity contribution in [1.82, 2.24) is 9.99 Å². The van der Waals surface area contributed by atoms with Crippen molar-refractivity contribution < 1.29 is 56.9 Å². The lowest BCUT2D eigenvalue weighted by Crippen LogP contribution is -2.51. The summed E-state index contributed by atoms with van der Waals surface area (Å²) in [6.45, 7) is 1.46. The summed E-state index contributed by atoms with van der Waals surface area (Å²) >= 11 is 0. The Hall–Kier alpha value is -3.16. The quantitative estimate of drug-likeness (QED) is 0.135. The Morgan fingerprint density at radius 2 is 2.00 bits per heavy atom. The molecule has 2 aliphatic rings. The number of esters is 1. The molecule has 0 aliphatic carbocycles. The number of aliphatic hydroxyl groups excluding tert-OH is 1. The van der Waals surface area contributed by atoms with Gasteiger partial charge in [-0.2, -0.15) is 5.09 Å². The maximum absolute atomic E-state index is 15.5. The molecule has 0 bridgehead atoms. The summed E-state index contributed by atoms with van der Waals surface area (Å²) < 4.78 is 50.6. The summed E-state index contributed by atoms with van der Waals surface area (Å²) in [5.41, 5.74) is -2.49. The van der Waals surface area contributed by atoms with Gasteiger partial charge in [0, 0.05) is 12.6 Å². The van der Waals surface area contributed by atoms with Crippen LogP contribution in [-0.2, 0) is 37.7 Å². The number of ketones is 1. The van der Waals surface area contributed by atoms with Crippen molar-refractivity contribution in [3.05, 3.63) is 42.6 Å². The second-order valence-electron chi connectivity index (χ2n) is 9.10. The zero-order chi connectivity index (χ0) is 28.8. The van der Waals surface area contributed by atoms with E-state index in [0.717, 1.165) is 24.1 Å². The van der Waals surface area contributed by atoms with E-state index in [1.807, 2.05) is 0 Å². The van der Waals surface area contributed by atoms with Crippen molar-refractivity contribution >= 4 is 31.4 Å². The largest absolute Gasteiger partial charge is 0.481 e. The SMILES string of the molecule is C[C@H](NP(=O)(OC[C@H]1O[C@@H](N2C=CC(=O)CC2=O)[C@](C)(F)[C@@H]1O)Oc1ccccc1)C(=O)OCCCC(=O)O. The van der Waals surface area contributed by atoms with Gasteiger partial charge in [-0.15, -0.1) is 0 Å². The van der Waals surface area contributed by atoms with Gasteiger partial charge in [-0.1, -0.05) is 18.2 Å². The summed E-state index contributed by atoms with van der Waals surface area (Å²) in [6, 6.07) is 6.56. The van der Waals surface area contributed by atoms with Gasteiger partial charge in [-0.05, 0) is 38.5 Å². The number of nitrogens with zero attached hydrogens (tertiary/aromatic N) is 1. The highest BCUT2D eigenvalue weighted by atomic mass is 31.2. The Kier molecular flexibility index (Phi) is 9.97. The Labute approximate surface area is 223 Å². The zero-order valence-corrected chi connectivity index (χ0v) is 22.1. The number of alkyl halides is 1. The van der Waals surface area contributed by atoms with Gasteiger partial charge in [0.05, 0.1) is 19.6 Å². The minimum Gasteiger partial charge on any atom is -0.481 e. The smallest absolute Gasteiger partial charge is 0.459 e. The number of benzene rings is 1. The number of carbonyl (C=O) groups is 4. The third-order valence-electron chi connectivity index (χ3n) is 5.87. The van der Waals surface area contributed by atoms with E-state index in [0.29, 0.717) is 0 Å². The Bertz CT molecular complexity index is 1150. The molecule has 0 aromatic heterocycles. The molecule has 15 heteroatoms. The highest BCUT2D eigenvalue weighted by molar-refractivity contribution is 7.52. The number of carboxylic acids is 1. The Morgan fingerprint density at radius 3 is 2.64 bits per heavy atom. The molecule has 39 heavy (non-hydrogen) atoms. The first-order valence-electron chi connectivity index (χ1n) is 12.0. The number of aliphatic carboxylic acids is 1. The first-order valence-corrected chi connectivity index (χ1v) is 13.6. The van der Waals surface area contributed by atoms with Crippen LogP contribution in [0.15, 0.2) is 42.6 Å². The molecule has 1 aromatic carbocycles. The fourth-order valence-corrected chi connectivity index (χ4v) is 5.30. The molecule has 1 fully saturated rings. The summed E-state index contributed by atoms with van der Waals surface area (Å²) in [5, 5.41) is 21.7. The van der Waals surface area contributed by atoms with Gasteiger partial charge >= 0.3 is 19.7 Å². The molecule has 6 atom stereocenters. The summed E-state index contributed by atoms with van der Waals surface area (Å²) in [7, 11) is -4.40. The molecule has 1 aromatic rings. The zero-order valence-electron chi connectivity index (χ0n) is 21.2. The average Bonchev–Trinajstić information content (AvgIpc) is 3.09. The monoisotopic (exact) mass is 572 g/mol. The third kappa shape index (κ3) is 7.93. The first kappa shape index (κ1) is 30.4. The molecule has 0 saturated carbocycles. The van der Waals surface area contributed by atoms with Crippen LogP contribution in [-0.4, -0.2) is 82.1 Å². The summed E-state index contributed by atoms with van der Waals surface area (Å²) in [4.78, 5) is 47.6. The van der Waals surface area contributed by atoms with E-state index in [9.17, 15) is 28.8 Å². The van der Waals surface area contributed by atoms with Crippen molar-refractivity contribution in [2.45, 2.75) is 63.3 Å². The van der Waals surface area contributed by atoms with E-state index in [4.69, 9.17) is 23.6 Å². The van der Waals surface area contributed by atoms with Crippen LogP contribution in [0.3, 0.4) is 0 Å². The van der Waals surface area contributed by atoms with Gasteiger partial charge in [0.15, 0.2) is 17.7 Å². The predicted octanol–water partition coefficient (Wildman–Crippen LogP) is 1.71. The van der Waals surface area contributed by atoms with Crippen LogP contribution in [0, 0.1) is 0 Å². The number of para-hydroxylation sites is 1. The lowest BCUT2D eigenvalue weighted by atomic mass is 9.97. The number of amides is 1. The highest BCUT2D eigenvalue weighted by Gasteiger charge is 2.57. The number of hydrogen-bond donors (Lipinski definition) is 3. The van der Waals surface area contributed by atoms with Gasteiger partial charge in [0.2, 0.25) is 5.91 Å². The maximum atomic E-state index is 15.5. The second kappa shape index (κ2) is 12.8. The van der Waals surface area contributed by atoms with Crippen molar-refractivity contribution in [3.63, 3.8) is 0 Å². The van der Waals surface area contributed by atoms with Crippen LogP contribution in [0.25, 0.3) is 0 Å². The van der Waals surface area contributed by atoms with Gasteiger partial charge < -0.3 is 24.2 Å². The molecule has 1 unspecified atom stereocenters. The van der Waals surface area contributed by atoms with Crippen LogP contribution in [0.5, 0.6) is 5.75 Å². The van der Waals surface area contributed by atoms with E-state index in [1.165, 1.54) is 19.1 Å². The number of aliphatic hydroxyl groups is 1. The molecule has 214 valence electrons. The van der Waals surface area contributed by atoms with Crippen molar-refractivity contribution in [2.75, 3.05) is 13.2 Å². The van der Waals surface area contributed by atoms with Crippen molar-refractivity contribution in [2.24, 2.45) is 0 Å². The van der Waals surface area contributed by atoms with E-state index in [-0.39, 0.29) is 25.2 Å². The molecule has 2 heterocycles. The number of hydrogen-bond acceptors (Lipinski definition) is 10. The molecular formula is C24H30FN2O11P. The lowest BCUT2D eigenvalue weighted by molar-refractivity contribution is -0.150. The number of carbonyl (C=O) groups excluding carboxylic acids is 3. The second-order valence-corrected chi connectivity index (χ2v) is 10.8. The number of rotatable bonds is 13. The first-order chi connectivity index (χ1) is 18.3. The van der Waals surface area contributed by atoms with Crippen LogP contribution in [0.4, 0.5) is 4.39 Å². The van der Waals surface area contributed by atoms with Crippen LogP contribution < -0.4 is 9.61 Å². The van der Waals surface area contributed by atoms with Crippen LogP contribution in [0.1, 0.15) is 33.1 Å². The van der Waals surface area contributed by atoms with E-state index >= 15 is 4.39 Å². The molecule has 13 nitrogen and oxygen atoms in total. The summed E-state index contributed by atoms with van der Waals surface area (Å²) in [6.07, 6.45) is -3.31. The van der Waals surface area contributed by atoms with E-state index in [1.54, 1.807) is 18.2 Å². The van der Waals surface area contributed by atoms with E-state index in [2.05, 4.69) is 5.09 Å².